The SMILES string of the molecule is [2H]c1cc(N(c2cc([2H])c(-c3c([2H])c4c([2H])c([2H])c([2H])c([2H])c4c4c([2H])c([2H])c([2H])c([2H])c34)cc2[2H])c2cc([2H])c(-c3c([2H])cc(-c4c([2H])c5c([2H])c([2H])c([2H])c([2H])c5c5c([2H])c([2H])c([2H])c([2H])c45)c([2H])c3[2H])c([2H])c2[2H])c([2H])cc1-c1c([2H])c2c([2H])c([2H])c([2H])c([2H])c2c2c([2H])c([2H])c([2H])c([2H])c12. The summed E-state index contributed by atoms with van der Waals surface area (Å²) in [6, 6.07) is -25.5. The van der Waals surface area contributed by atoms with Crippen molar-refractivity contribution in [3.8, 4) is 44.5 Å². The van der Waals surface area contributed by atoms with Gasteiger partial charge < -0.3 is 4.90 Å². The van der Waals surface area contributed by atoms with Crippen molar-refractivity contribution in [1.29, 1.82) is 0 Å². The number of hydrogen-bond acceptors (Lipinski definition) is 1. The summed E-state index contributed by atoms with van der Waals surface area (Å²) in [4.78, 5) is 0.835. The Morgan fingerprint density at radius 2 is 0.507 bits per heavy atom. The van der Waals surface area contributed by atoms with Gasteiger partial charge in [0.15, 0.2) is 0 Å². The zero-order chi connectivity index (χ0) is 76.5. The number of anilines is 3. The lowest BCUT2D eigenvalue weighted by molar-refractivity contribution is 1.28. The summed E-state index contributed by atoms with van der Waals surface area (Å²) < 4.78 is 336. The van der Waals surface area contributed by atoms with Crippen molar-refractivity contribution >= 4 is 81.7 Å². The van der Waals surface area contributed by atoms with Gasteiger partial charge in [-0.1, -0.05) is 206 Å². The maximum Gasteiger partial charge on any atom is 0.0645 e. The first kappa shape index (κ1) is 16.6. The van der Waals surface area contributed by atoms with Crippen molar-refractivity contribution in [1.82, 2.24) is 0 Å². The Kier molecular flexibility index (Phi) is 3.97. The van der Waals surface area contributed by atoms with Gasteiger partial charge in [-0.3, -0.25) is 0 Å². The molecule has 13 aromatic carbocycles. The predicted octanol–water partition coefficient (Wildman–Crippen LogP) is 18.7. The summed E-state index contributed by atoms with van der Waals surface area (Å²) in [5, 5.41) is -6.10. The van der Waals surface area contributed by atoms with Gasteiger partial charge in [0, 0.05) is 17.1 Å². The van der Waals surface area contributed by atoms with Crippen molar-refractivity contribution < 1.29 is 50.7 Å². The number of fused-ring (bicyclic) bond motifs is 9. The molecule has 0 bridgehead atoms. The topological polar surface area (TPSA) is 3.24 Å². The first-order valence-corrected chi connectivity index (χ1v) is 20.1. The summed E-state index contributed by atoms with van der Waals surface area (Å²) in [5.74, 6) is 0. The molecule has 0 aliphatic rings. The molecule has 0 radical (unpaired) electrons. The van der Waals surface area contributed by atoms with Crippen LogP contribution >= 0.6 is 0 Å². The lowest BCUT2D eigenvalue weighted by atomic mass is 9.92. The van der Waals surface area contributed by atoms with Gasteiger partial charge in [0.25, 0.3) is 0 Å². The number of rotatable bonds is 7. The Hall–Kier alpha value is -8.78. The van der Waals surface area contributed by atoms with E-state index in [0.717, 1.165) is 41.3 Å². The van der Waals surface area contributed by atoms with Crippen molar-refractivity contribution in [2.45, 2.75) is 0 Å². The van der Waals surface area contributed by atoms with Crippen LogP contribution in [0.15, 0.2) is 260 Å². The van der Waals surface area contributed by atoms with Gasteiger partial charge in [0.05, 0.1) is 50.7 Å². The van der Waals surface area contributed by atoms with E-state index in [0.29, 0.717) is 0 Å². The van der Waals surface area contributed by atoms with Crippen LogP contribution in [0.5, 0.6) is 0 Å². The van der Waals surface area contributed by atoms with Gasteiger partial charge in [0.1, 0.15) is 0 Å². The maximum atomic E-state index is 9.87. The largest absolute Gasteiger partial charge is 0.311 e. The molecule has 0 saturated carbocycles. The van der Waals surface area contributed by atoms with Crippen LogP contribution in [0.2, 0.25) is 0 Å². The standard InChI is InChI=1S/C66H43N/c1-4-16-55-49(13-1)41-64(61-22-10-7-19-58(55)61)46-27-25-44(26-28-46)45-29-35-52(36-30-45)67(53-37-31-47(32-38-53)65-42-50-14-2-5-17-56(50)59-20-8-11-23-62(59)65)54-39-33-48(34-40-54)66-43-51-15-3-6-18-57(51)60-21-9-12-24-63(60)66/h1-43H/i1D,2D,3D,4D,5D,6D,7D,8D,9D,10D,11D,12D,13D,14D,15D,16D,17D,18D,19D,20D,21D,22D,23D,24D,25D,26D,27D,29D,30D,31D,33D,35D,38D,40D,41D,42D,43D. The fourth-order valence-electron chi connectivity index (χ4n) is 7.91. The molecule has 0 spiro atoms. The van der Waals surface area contributed by atoms with Crippen LogP contribution in [0, 0.1) is 0 Å². The van der Waals surface area contributed by atoms with Crippen LogP contribution in [-0.4, -0.2) is 0 Å². The van der Waals surface area contributed by atoms with E-state index in [4.69, 9.17) is 32.9 Å². The fraction of sp³-hybridized carbons (Fsp3) is 0. The molecular formula is C66H43N. The number of hydrogen-bond donors (Lipinski definition) is 0. The minimum Gasteiger partial charge on any atom is -0.311 e. The Bertz CT molecular complexity index is 6040. The minimum absolute atomic E-state index is 0.471. The molecule has 312 valence electrons. The van der Waals surface area contributed by atoms with Crippen molar-refractivity contribution in [2.24, 2.45) is 0 Å². The third kappa shape index (κ3) is 6.71. The Balaban J connectivity index is 1.10. The van der Waals surface area contributed by atoms with E-state index in [-0.39, 0.29) is 0 Å². The average Bonchev–Trinajstić information content (AvgIpc) is 0.715. The maximum absolute atomic E-state index is 9.87. The van der Waals surface area contributed by atoms with Crippen molar-refractivity contribution in [2.75, 3.05) is 4.90 Å². The molecular weight excluding hydrogens is 807 g/mol. The highest BCUT2D eigenvalue weighted by atomic mass is 15.1. The Labute approximate surface area is 442 Å². The third-order valence-corrected chi connectivity index (χ3v) is 11.0. The minimum atomic E-state index is -1.03. The molecule has 0 heterocycles. The Morgan fingerprint density at radius 3 is 0.940 bits per heavy atom. The van der Waals surface area contributed by atoms with E-state index in [2.05, 4.69) is 0 Å². The van der Waals surface area contributed by atoms with Gasteiger partial charge >= 0.3 is 0 Å². The van der Waals surface area contributed by atoms with Crippen LogP contribution in [0.25, 0.3) is 109 Å². The second kappa shape index (κ2) is 16.0. The highest BCUT2D eigenvalue weighted by molar-refractivity contribution is 6.16. The molecule has 0 atom stereocenters. The molecule has 0 fully saturated rings. The molecule has 1 heteroatoms. The molecule has 0 saturated heterocycles. The van der Waals surface area contributed by atoms with Gasteiger partial charge in [-0.05, 0) is 164 Å². The summed E-state index contributed by atoms with van der Waals surface area (Å²) in [6.45, 7) is 0. The number of nitrogens with zero attached hydrogens (tertiary/aromatic N) is 1. The average molecular weight is 887 g/mol. The van der Waals surface area contributed by atoms with Gasteiger partial charge in [0.2, 0.25) is 0 Å². The molecule has 0 amide bonds. The van der Waals surface area contributed by atoms with E-state index in [9.17, 15) is 17.8 Å². The van der Waals surface area contributed by atoms with Gasteiger partial charge in [-0.25, -0.2) is 0 Å². The highest BCUT2D eigenvalue weighted by Gasteiger charge is 2.17. The van der Waals surface area contributed by atoms with Crippen LogP contribution in [-0.2, 0) is 0 Å². The van der Waals surface area contributed by atoms with Crippen molar-refractivity contribution in [3.63, 3.8) is 0 Å². The normalized spacial score (nSPS) is 19.3. The van der Waals surface area contributed by atoms with Crippen LogP contribution in [0.3, 0.4) is 0 Å². The van der Waals surface area contributed by atoms with E-state index in [1.807, 2.05) is 0 Å². The third-order valence-electron chi connectivity index (χ3n) is 11.0. The lowest BCUT2D eigenvalue weighted by Crippen LogP contribution is -2.09. The molecule has 67 heavy (non-hydrogen) atoms. The molecule has 0 aliphatic carbocycles. The summed E-state index contributed by atoms with van der Waals surface area (Å²) in [5.41, 5.74) is -6.41. The summed E-state index contributed by atoms with van der Waals surface area (Å²) in [7, 11) is 0. The molecule has 1 nitrogen and oxygen atoms in total. The Morgan fingerprint density at radius 1 is 0.224 bits per heavy atom. The van der Waals surface area contributed by atoms with Crippen LogP contribution < -0.4 is 4.90 Å². The van der Waals surface area contributed by atoms with E-state index in [1.165, 1.54) is 0 Å². The fourth-order valence-corrected chi connectivity index (χ4v) is 7.91. The monoisotopic (exact) mass is 887 g/mol. The molecule has 0 aliphatic heterocycles. The lowest BCUT2D eigenvalue weighted by Gasteiger charge is -2.26. The first-order valence-electron chi connectivity index (χ1n) is 38.6. The van der Waals surface area contributed by atoms with E-state index in [1.54, 1.807) is 0 Å². The summed E-state index contributed by atoms with van der Waals surface area (Å²) in [6.07, 6.45) is 0. The van der Waals surface area contributed by atoms with E-state index < -0.39 is 350 Å². The van der Waals surface area contributed by atoms with E-state index >= 15 is 0 Å². The zero-order valence-corrected chi connectivity index (χ0v) is 33.9. The summed E-state index contributed by atoms with van der Waals surface area (Å²) >= 11 is 0. The zero-order valence-electron chi connectivity index (χ0n) is 70.9. The van der Waals surface area contributed by atoms with Gasteiger partial charge in [-0.15, -0.1) is 0 Å². The molecule has 13 rings (SSSR count). The number of benzene rings is 13. The molecule has 0 unspecified atom stereocenters. The molecule has 0 aromatic heterocycles. The highest BCUT2D eigenvalue weighted by Crippen LogP contribution is 2.42. The van der Waals surface area contributed by atoms with Crippen molar-refractivity contribution in [3.05, 3.63) is 260 Å². The van der Waals surface area contributed by atoms with Crippen LogP contribution in [0.1, 0.15) is 50.7 Å². The first-order chi connectivity index (χ1) is 48.6. The second-order valence-corrected chi connectivity index (χ2v) is 14.7. The van der Waals surface area contributed by atoms with Gasteiger partial charge in [-0.2, -0.15) is 0 Å². The quantitative estimate of drug-likeness (QED) is 0.144. The smallest absolute Gasteiger partial charge is 0.0645 e. The predicted molar refractivity (Wildman–Crippen MR) is 288 cm³/mol. The molecule has 0 N–H and O–H groups in total. The molecule has 13 aromatic rings. The van der Waals surface area contributed by atoms with Crippen LogP contribution in [0.4, 0.5) is 17.1 Å². The second-order valence-electron chi connectivity index (χ2n) is 14.7.